The summed E-state index contributed by atoms with van der Waals surface area (Å²) in [6, 6.07) is 6.87. The number of hydrogen-bond donors (Lipinski definition) is 3. The first-order valence-corrected chi connectivity index (χ1v) is 7.52. The standard InChI is InChI=1S/C16H17N5O3/c1-21-7-6-13(20-21)16(24)17-9-15(23)18-11-3-4-12-10(8-11)2-5-14(22)19-12/h3-4,6-8H,2,5,9H2,1H3,(H,17,24)(H,18,23)(H,19,22). The largest absolute Gasteiger partial charge is 0.342 e. The van der Waals surface area contributed by atoms with Gasteiger partial charge in [-0.15, -0.1) is 0 Å². The molecule has 0 spiro atoms. The van der Waals surface area contributed by atoms with Crippen LogP contribution in [0, 0.1) is 0 Å². The van der Waals surface area contributed by atoms with E-state index in [0.29, 0.717) is 18.5 Å². The lowest BCUT2D eigenvalue weighted by atomic mass is 10.0. The second kappa shape index (κ2) is 6.53. The molecule has 2 aromatic rings. The number of nitrogens with zero attached hydrogens (tertiary/aromatic N) is 2. The van der Waals surface area contributed by atoms with Gasteiger partial charge in [0.25, 0.3) is 5.91 Å². The summed E-state index contributed by atoms with van der Waals surface area (Å²) in [5.41, 5.74) is 2.63. The molecule has 0 aliphatic carbocycles. The second-order valence-corrected chi connectivity index (χ2v) is 5.53. The summed E-state index contributed by atoms with van der Waals surface area (Å²) >= 11 is 0. The van der Waals surface area contributed by atoms with Crippen molar-refractivity contribution in [3.63, 3.8) is 0 Å². The zero-order valence-electron chi connectivity index (χ0n) is 13.1. The predicted octanol–water partition coefficient (Wildman–Crippen LogP) is 0.673. The summed E-state index contributed by atoms with van der Waals surface area (Å²) in [5, 5.41) is 12.0. The molecule has 124 valence electrons. The Morgan fingerprint density at radius 2 is 2.12 bits per heavy atom. The Morgan fingerprint density at radius 3 is 2.88 bits per heavy atom. The molecule has 0 radical (unpaired) electrons. The molecule has 3 amide bonds. The predicted molar refractivity (Wildman–Crippen MR) is 87.6 cm³/mol. The lowest BCUT2D eigenvalue weighted by Gasteiger charge is -2.17. The lowest BCUT2D eigenvalue weighted by Crippen LogP contribution is -2.33. The van der Waals surface area contributed by atoms with E-state index in [1.54, 1.807) is 31.4 Å². The number of hydrogen-bond acceptors (Lipinski definition) is 4. The van der Waals surface area contributed by atoms with Crippen molar-refractivity contribution in [3.05, 3.63) is 41.7 Å². The SMILES string of the molecule is Cn1ccc(C(=O)NCC(=O)Nc2ccc3c(c2)CCC(=O)N3)n1. The number of aromatic nitrogens is 2. The van der Waals surface area contributed by atoms with Crippen molar-refractivity contribution in [1.29, 1.82) is 0 Å². The van der Waals surface area contributed by atoms with E-state index < -0.39 is 5.91 Å². The molecule has 0 saturated heterocycles. The van der Waals surface area contributed by atoms with Crippen molar-refractivity contribution in [2.24, 2.45) is 7.05 Å². The molecule has 8 heteroatoms. The highest BCUT2D eigenvalue weighted by Gasteiger charge is 2.15. The summed E-state index contributed by atoms with van der Waals surface area (Å²) in [6.07, 6.45) is 2.73. The third kappa shape index (κ3) is 3.60. The molecule has 3 rings (SSSR count). The highest BCUT2D eigenvalue weighted by Crippen LogP contribution is 2.25. The number of amides is 3. The molecule has 0 saturated carbocycles. The van der Waals surface area contributed by atoms with Gasteiger partial charge < -0.3 is 16.0 Å². The Morgan fingerprint density at radius 1 is 1.29 bits per heavy atom. The number of benzene rings is 1. The number of rotatable bonds is 4. The van der Waals surface area contributed by atoms with E-state index in [1.807, 2.05) is 6.07 Å². The van der Waals surface area contributed by atoms with Crippen LogP contribution in [0.4, 0.5) is 11.4 Å². The van der Waals surface area contributed by atoms with Gasteiger partial charge in [0, 0.05) is 31.0 Å². The van der Waals surface area contributed by atoms with E-state index in [1.165, 1.54) is 4.68 Å². The van der Waals surface area contributed by atoms with Gasteiger partial charge in [-0.2, -0.15) is 5.10 Å². The van der Waals surface area contributed by atoms with Crippen LogP contribution >= 0.6 is 0 Å². The maximum atomic E-state index is 12.0. The van der Waals surface area contributed by atoms with Crippen LogP contribution in [0.5, 0.6) is 0 Å². The van der Waals surface area contributed by atoms with Crippen LogP contribution in [0.2, 0.25) is 0 Å². The number of anilines is 2. The maximum Gasteiger partial charge on any atom is 0.272 e. The zero-order valence-corrected chi connectivity index (χ0v) is 13.1. The van der Waals surface area contributed by atoms with Gasteiger partial charge >= 0.3 is 0 Å². The van der Waals surface area contributed by atoms with Crippen molar-refractivity contribution >= 4 is 29.1 Å². The number of aryl methyl sites for hydroxylation is 2. The van der Waals surface area contributed by atoms with E-state index in [9.17, 15) is 14.4 Å². The van der Waals surface area contributed by atoms with Gasteiger partial charge in [0.1, 0.15) is 5.69 Å². The lowest BCUT2D eigenvalue weighted by molar-refractivity contribution is -0.116. The molecule has 0 atom stereocenters. The third-order valence-corrected chi connectivity index (χ3v) is 3.64. The normalized spacial score (nSPS) is 13.0. The average Bonchev–Trinajstić information content (AvgIpc) is 2.99. The first-order chi connectivity index (χ1) is 11.5. The van der Waals surface area contributed by atoms with E-state index >= 15 is 0 Å². The van der Waals surface area contributed by atoms with Crippen LogP contribution in [0.25, 0.3) is 0 Å². The molecule has 24 heavy (non-hydrogen) atoms. The van der Waals surface area contributed by atoms with Crippen LogP contribution in [0.3, 0.4) is 0 Å². The van der Waals surface area contributed by atoms with Gasteiger partial charge in [-0.3, -0.25) is 19.1 Å². The smallest absolute Gasteiger partial charge is 0.272 e. The summed E-state index contributed by atoms with van der Waals surface area (Å²) in [7, 11) is 1.71. The summed E-state index contributed by atoms with van der Waals surface area (Å²) in [6.45, 7) is -0.150. The maximum absolute atomic E-state index is 12.0. The Balaban J connectivity index is 1.55. The van der Waals surface area contributed by atoms with Crippen LogP contribution in [0.1, 0.15) is 22.5 Å². The number of carbonyl (C=O) groups is 3. The average molecular weight is 327 g/mol. The number of fused-ring (bicyclic) bond motifs is 1. The highest BCUT2D eigenvalue weighted by atomic mass is 16.2. The van der Waals surface area contributed by atoms with Gasteiger partial charge in [0.2, 0.25) is 11.8 Å². The molecule has 3 N–H and O–H groups in total. The Kier molecular flexibility index (Phi) is 4.28. The fourth-order valence-electron chi connectivity index (χ4n) is 2.45. The van der Waals surface area contributed by atoms with Crippen molar-refractivity contribution in [3.8, 4) is 0 Å². The molecule has 1 aliphatic heterocycles. The molecule has 0 unspecified atom stereocenters. The van der Waals surface area contributed by atoms with Crippen LogP contribution < -0.4 is 16.0 Å². The monoisotopic (exact) mass is 327 g/mol. The van der Waals surface area contributed by atoms with E-state index in [0.717, 1.165) is 11.3 Å². The fourth-order valence-corrected chi connectivity index (χ4v) is 2.45. The highest BCUT2D eigenvalue weighted by molar-refractivity contribution is 5.99. The van der Waals surface area contributed by atoms with E-state index in [-0.39, 0.29) is 24.1 Å². The van der Waals surface area contributed by atoms with Gasteiger partial charge in [-0.05, 0) is 36.2 Å². The minimum absolute atomic E-state index is 0.00322. The number of nitrogens with one attached hydrogen (secondary N) is 3. The Bertz CT molecular complexity index is 812. The number of carbonyl (C=O) groups excluding carboxylic acids is 3. The minimum Gasteiger partial charge on any atom is -0.342 e. The quantitative estimate of drug-likeness (QED) is 0.767. The van der Waals surface area contributed by atoms with Gasteiger partial charge in [0.15, 0.2) is 0 Å². The Labute approximate surface area is 138 Å². The van der Waals surface area contributed by atoms with Crippen molar-refractivity contribution in [2.45, 2.75) is 12.8 Å². The van der Waals surface area contributed by atoms with Crippen LogP contribution in [-0.2, 0) is 23.1 Å². The second-order valence-electron chi connectivity index (χ2n) is 5.53. The first kappa shape index (κ1) is 15.7. The van der Waals surface area contributed by atoms with Gasteiger partial charge in [0.05, 0.1) is 6.54 Å². The topological polar surface area (TPSA) is 105 Å². The van der Waals surface area contributed by atoms with Crippen molar-refractivity contribution in [2.75, 3.05) is 17.2 Å². The molecular formula is C16H17N5O3. The van der Waals surface area contributed by atoms with Crippen molar-refractivity contribution < 1.29 is 14.4 Å². The molecule has 0 fully saturated rings. The molecule has 2 heterocycles. The molecule has 0 bridgehead atoms. The Hall–Kier alpha value is -3.16. The van der Waals surface area contributed by atoms with Gasteiger partial charge in [-0.25, -0.2) is 0 Å². The molecular weight excluding hydrogens is 310 g/mol. The molecule has 8 nitrogen and oxygen atoms in total. The summed E-state index contributed by atoms with van der Waals surface area (Å²) < 4.78 is 1.51. The van der Waals surface area contributed by atoms with E-state index in [4.69, 9.17) is 0 Å². The van der Waals surface area contributed by atoms with Crippen LogP contribution in [-0.4, -0.2) is 34.0 Å². The zero-order chi connectivity index (χ0) is 17.1. The van der Waals surface area contributed by atoms with Crippen LogP contribution in [0.15, 0.2) is 30.5 Å². The van der Waals surface area contributed by atoms with Crippen molar-refractivity contribution in [1.82, 2.24) is 15.1 Å². The fraction of sp³-hybridized carbons (Fsp3) is 0.250. The minimum atomic E-state index is -0.404. The third-order valence-electron chi connectivity index (χ3n) is 3.64. The van der Waals surface area contributed by atoms with Gasteiger partial charge in [-0.1, -0.05) is 0 Å². The van der Waals surface area contributed by atoms with E-state index in [2.05, 4.69) is 21.0 Å². The molecule has 1 aromatic heterocycles. The summed E-state index contributed by atoms with van der Waals surface area (Å²) in [4.78, 5) is 35.1. The molecule has 1 aliphatic rings. The summed E-state index contributed by atoms with van der Waals surface area (Å²) in [5.74, 6) is -0.741. The molecule has 1 aromatic carbocycles. The first-order valence-electron chi connectivity index (χ1n) is 7.52.